The summed E-state index contributed by atoms with van der Waals surface area (Å²) in [7, 11) is 0. The van der Waals surface area contributed by atoms with Crippen LogP contribution in [0.15, 0.2) is 48.5 Å². The fraction of sp³-hybridized carbons (Fsp3) is 0.462. The van der Waals surface area contributed by atoms with Gasteiger partial charge in [0.25, 0.3) is 0 Å². The molecule has 0 unspecified atom stereocenters. The monoisotopic (exact) mass is 508 g/mol. The summed E-state index contributed by atoms with van der Waals surface area (Å²) in [6.45, 7) is 9.66. The highest BCUT2D eigenvalue weighted by Crippen LogP contribution is 2.22. The molecular weight excluding hydrogens is 475 g/mol. The van der Waals surface area contributed by atoms with Gasteiger partial charge < -0.3 is 9.47 Å². The maximum Gasteiger partial charge on any atom is 0.412 e. The number of alkyl carbamates (subject to hydrolysis) is 1. The third-order valence-corrected chi connectivity index (χ3v) is 5.42. The molecule has 6 nitrogen and oxygen atoms in total. The lowest BCUT2D eigenvalue weighted by atomic mass is 10.1. The fourth-order valence-electron chi connectivity index (χ4n) is 3.24. The van der Waals surface area contributed by atoms with Gasteiger partial charge in [-0.15, -0.1) is 0 Å². The van der Waals surface area contributed by atoms with Crippen LogP contribution in [-0.2, 0) is 22.6 Å². The van der Waals surface area contributed by atoms with E-state index in [0.717, 1.165) is 24.0 Å². The highest BCUT2D eigenvalue weighted by atomic mass is 35.5. The molecule has 186 valence electrons. The van der Waals surface area contributed by atoms with Gasteiger partial charge in [-0.3, -0.25) is 10.2 Å². The predicted octanol–water partition coefficient (Wildman–Crippen LogP) is 7.56. The molecular formula is C26H34Cl2N2O4. The second-order valence-electron chi connectivity index (χ2n) is 9.44. The van der Waals surface area contributed by atoms with Crippen LogP contribution in [0.1, 0.15) is 65.0 Å². The zero-order chi connectivity index (χ0) is 25.4. The largest absolute Gasteiger partial charge is 0.444 e. The molecule has 0 saturated carbocycles. The molecule has 1 N–H and O–H groups in total. The van der Waals surface area contributed by atoms with Gasteiger partial charge in [-0.05, 0) is 69.5 Å². The Bertz CT molecular complexity index is 895. The topological polar surface area (TPSA) is 67.9 Å². The first-order chi connectivity index (χ1) is 15.9. The minimum Gasteiger partial charge on any atom is -0.444 e. The summed E-state index contributed by atoms with van der Waals surface area (Å²) in [6.07, 6.45) is 0.890. The lowest BCUT2D eigenvalue weighted by Gasteiger charge is -2.34. The van der Waals surface area contributed by atoms with Crippen molar-refractivity contribution in [1.29, 1.82) is 0 Å². The van der Waals surface area contributed by atoms with Gasteiger partial charge in [0.15, 0.2) is 5.72 Å². The molecule has 0 fully saturated rings. The summed E-state index contributed by atoms with van der Waals surface area (Å²) in [5.41, 5.74) is -0.112. The van der Waals surface area contributed by atoms with E-state index in [0.29, 0.717) is 29.6 Å². The number of nitrogens with zero attached hydrogens (tertiary/aromatic N) is 1. The van der Waals surface area contributed by atoms with Crippen molar-refractivity contribution in [2.45, 2.75) is 78.3 Å². The predicted molar refractivity (Wildman–Crippen MR) is 136 cm³/mol. The molecule has 0 aromatic heterocycles. The molecule has 2 amide bonds. The second-order valence-corrected chi connectivity index (χ2v) is 10.3. The molecule has 0 aliphatic carbocycles. The van der Waals surface area contributed by atoms with Gasteiger partial charge >= 0.3 is 12.2 Å². The van der Waals surface area contributed by atoms with E-state index in [4.69, 9.17) is 32.7 Å². The van der Waals surface area contributed by atoms with E-state index in [2.05, 4.69) is 5.32 Å². The number of ether oxygens (including phenoxy) is 2. The number of benzene rings is 2. The van der Waals surface area contributed by atoms with Crippen LogP contribution in [0.3, 0.4) is 0 Å². The van der Waals surface area contributed by atoms with Gasteiger partial charge in [0.1, 0.15) is 5.60 Å². The third kappa shape index (κ3) is 9.82. The number of hydrogen-bond donors (Lipinski definition) is 1. The maximum atomic E-state index is 13.4. The number of unbranched alkanes of at least 4 members (excludes halogenated alkanes) is 1. The van der Waals surface area contributed by atoms with Crippen LogP contribution >= 0.6 is 23.2 Å². The lowest BCUT2D eigenvalue weighted by molar-refractivity contribution is -0.0366. The van der Waals surface area contributed by atoms with E-state index >= 15 is 0 Å². The van der Waals surface area contributed by atoms with Crippen LogP contribution in [0.25, 0.3) is 0 Å². The van der Waals surface area contributed by atoms with Crippen molar-refractivity contribution in [2.24, 2.45) is 0 Å². The fourth-order valence-corrected chi connectivity index (χ4v) is 3.49. The Labute approximate surface area is 212 Å². The summed E-state index contributed by atoms with van der Waals surface area (Å²) in [6, 6.07) is 14.5. The van der Waals surface area contributed by atoms with E-state index in [-0.39, 0.29) is 0 Å². The van der Waals surface area contributed by atoms with Gasteiger partial charge in [-0.2, -0.15) is 0 Å². The van der Waals surface area contributed by atoms with E-state index in [1.807, 2.05) is 31.2 Å². The molecule has 2 aromatic rings. The van der Waals surface area contributed by atoms with Crippen molar-refractivity contribution < 1.29 is 19.1 Å². The number of hydrogen-bond acceptors (Lipinski definition) is 4. The standard InChI is InChI=1S/C26H34Cl2N2O4/c1-6-7-16-26(5,29-23(31)33-25(2,3)4)34-24(32)30(17-19-8-12-21(27)13-9-19)18-20-10-14-22(28)15-11-20/h8-15H,6-7,16-18H2,1-5H3,(H,29,31)/t26-/m0/s1. The SMILES string of the molecule is CCCC[C@@](C)(NC(=O)OC(C)(C)C)OC(=O)N(Cc1ccc(Cl)cc1)Cc1ccc(Cl)cc1. The van der Waals surface area contributed by atoms with Gasteiger partial charge in [0.05, 0.1) is 0 Å². The van der Waals surface area contributed by atoms with Crippen molar-refractivity contribution in [1.82, 2.24) is 10.2 Å². The van der Waals surface area contributed by atoms with Gasteiger partial charge in [-0.25, -0.2) is 9.59 Å². The highest BCUT2D eigenvalue weighted by Gasteiger charge is 2.34. The number of carbonyl (C=O) groups excluding carboxylic acids is 2. The number of nitrogens with one attached hydrogen (secondary N) is 1. The van der Waals surface area contributed by atoms with Crippen LogP contribution < -0.4 is 5.32 Å². The van der Waals surface area contributed by atoms with Crippen LogP contribution in [-0.4, -0.2) is 28.4 Å². The number of rotatable bonds is 9. The van der Waals surface area contributed by atoms with Gasteiger partial charge in [0.2, 0.25) is 0 Å². The number of carbonyl (C=O) groups is 2. The first kappa shape index (κ1) is 27.8. The Hall–Kier alpha value is -2.44. The molecule has 34 heavy (non-hydrogen) atoms. The third-order valence-electron chi connectivity index (χ3n) is 4.92. The molecule has 2 aromatic carbocycles. The van der Waals surface area contributed by atoms with Crippen LogP contribution in [0.2, 0.25) is 10.0 Å². The first-order valence-electron chi connectivity index (χ1n) is 11.4. The average molecular weight is 509 g/mol. The van der Waals surface area contributed by atoms with Crippen LogP contribution in [0, 0.1) is 0 Å². The molecule has 8 heteroatoms. The maximum absolute atomic E-state index is 13.4. The summed E-state index contributed by atoms with van der Waals surface area (Å²) in [4.78, 5) is 27.4. The Morgan fingerprint density at radius 2 is 1.32 bits per heavy atom. The molecule has 0 aliphatic rings. The molecule has 2 rings (SSSR count). The number of halogens is 2. The normalized spacial score (nSPS) is 13.0. The lowest BCUT2D eigenvalue weighted by Crippen LogP contribution is -2.52. The van der Waals surface area contributed by atoms with Crippen molar-refractivity contribution in [3.8, 4) is 0 Å². The van der Waals surface area contributed by atoms with Gasteiger partial charge in [0, 0.05) is 29.6 Å². The minimum atomic E-state index is -1.23. The van der Waals surface area contributed by atoms with Gasteiger partial charge in [-0.1, -0.05) is 60.8 Å². The molecule has 0 saturated heterocycles. The van der Waals surface area contributed by atoms with E-state index < -0.39 is 23.5 Å². The van der Waals surface area contributed by atoms with Crippen molar-refractivity contribution in [2.75, 3.05) is 0 Å². The van der Waals surface area contributed by atoms with Crippen molar-refractivity contribution in [3.05, 3.63) is 69.7 Å². The van der Waals surface area contributed by atoms with E-state index in [1.165, 1.54) is 0 Å². The summed E-state index contributed by atoms with van der Waals surface area (Å²) < 4.78 is 11.3. The molecule has 0 bridgehead atoms. The van der Waals surface area contributed by atoms with Crippen molar-refractivity contribution in [3.63, 3.8) is 0 Å². The van der Waals surface area contributed by atoms with E-state index in [9.17, 15) is 9.59 Å². The smallest absolute Gasteiger partial charge is 0.412 e. The minimum absolute atomic E-state index is 0.301. The molecule has 0 radical (unpaired) electrons. The molecule has 0 heterocycles. The van der Waals surface area contributed by atoms with Crippen LogP contribution in [0.5, 0.6) is 0 Å². The second kappa shape index (κ2) is 12.3. The first-order valence-corrected chi connectivity index (χ1v) is 12.1. The molecule has 0 spiro atoms. The van der Waals surface area contributed by atoms with Crippen molar-refractivity contribution >= 4 is 35.4 Å². The quantitative estimate of drug-likeness (QED) is 0.354. The number of amides is 2. The molecule has 0 aliphatic heterocycles. The Kier molecular flexibility index (Phi) is 10.1. The zero-order valence-corrected chi connectivity index (χ0v) is 22.0. The Morgan fingerprint density at radius 1 is 0.853 bits per heavy atom. The Balaban J connectivity index is 2.24. The molecule has 1 atom stereocenters. The summed E-state index contributed by atoms with van der Waals surface area (Å²) >= 11 is 12.0. The zero-order valence-electron chi connectivity index (χ0n) is 20.5. The summed E-state index contributed by atoms with van der Waals surface area (Å²) in [5, 5.41) is 3.98. The highest BCUT2D eigenvalue weighted by molar-refractivity contribution is 6.30. The van der Waals surface area contributed by atoms with E-state index in [1.54, 1.807) is 56.9 Å². The Morgan fingerprint density at radius 3 is 1.74 bits per heavy atom. The summed E-state index contributed by atoms with van der Waals surface area (Å²) in [5.74, 6) is 0. The average Bonchev–Trinajstić information content (AvgIpc) is 2.73. The van der Waals surface area contributed by atoms with Crippen LogP contribution in [0.4, 0.5) is 9.59 Å².